The quantitative estimate of drug-likeness (QED) is 0.393. The van der Waals surface area contributed by atoms with Crippen molar-refractivity contribution in [2.45, 2.75) is 17.2 Å². The Morgan fingerprint density at radius 2 is 2.00 bits per heavy atom. The first-order valence-corrected chi connectivity index (χ1v) is 9.54. The van der Waals surface area contributed by atoms with E-state index in [2.05, 4.69) is 58.4 Å². The summed E-state index contributed by atoms with van der Waals surface area (Å²) in [4.78, 5) is 1.95. The third-order valence-corrected chi connectivity index (χ3v) is 13.8. The molecule has 15 heavy (non-hydrogen) atoms. The van der Waals surface area contributed by atoms with E-state index in [1.807, 2.05) is 0 Å². The van der Waals surface area contributed by atoms with E-state index in [0.717, 1.165) is 39.5 Å². The first-order chi connectivity index (χ1) is 7.26. The summed E-state index contributed by atoms with van der Waals surface area (Å²) >= 11 is 5.66. The molecule has 0 aromatic heterocycles. The molecule has 2 saturated heterocycles. The zero-order valence-corrected chi connectivity index (χ0v) is 12.9. The van der Waals surface area contributed by atoms with E-state index in [0.29, 0.717) is 7.54 Å². The number of rotatable bonds is 1. The van der Waals surface area contributed by atoms with Crippen molar-refractivity contribution in [1.82, 2.24) is 0 Å². The van der Waals surface area contributed by atoms with Crippen molar-refractivity contribution in [3.8, 4) is 0 Å². The van der Waals surface area contributed by atoms with Crippen LogP contribution in [0.2, 0.25) is 9.63 Å². The number of allylic oxidation sites excluding steroid dienone is 2. The summed E-state index contributed by atoms with van der Waals surface area (Å²) < 4.78 is 0.897. The van der Waals surface area contributed by atoms with Gasteiger partial charge in [-0.1, -0.05) is 0 Å². The van der Waals surface area contributed by atoms with Gasteiger partial charge in [0.2, 0.25) is 0 Å². The second-order valence-corrected chi connectivity index (χ2v) is 12.6. The van der Waals surface area contributed by atoms with Gasteiger partial charge in [0.25, 0.3) is 0 Å². The molecule has 0 saturated carbocycles. The van der Waals surface area contributed by atoms with Gasteiger partial charge in [-0.05, 0) is 0 Å². The van der Waals surface area contributed by atoms with Crippen molar-refractivity contribution >= 4 is 45.8 Å². The predicted octanol–water partition coefficient (Wildman–Crippen LogP) is 2.56. The van der Waals surface area contributed by atoms with Crippen molar-refractivity contribution < 1.29 is 0 Å². The van der Waals surface area contributed by atoms with Gasteiger partial charge < -0.3 is 0 Å². The van der Waals surface area contributed by atoms with Gasteiger partial charge in [-0.15, -0.1) is 0 Å². The van der Waals surface area contributed by atoms with Crippen LogP contribution in [-0.4, -0.2) is 33.1 Å². The summed E-state index contributed by atoms with van der Waals surface area (Å²) in [6.45, 7) is 0. The summed E-state index contributed by atoms with van der Waals surface area (Å²) in [5.41, 5.74) is 1.53. The summed E-state index contributed by atoms with van der Waals surface area (Å²) in [6, 6.07) is 11.0. The van der Waals surface area contributed by atoms with Crippen LogP contribution in [0.3, 0.4) is 0 Å². The zero-order valence-electron chi connectivity index (χ0n) is 7.89. The molecule has 0 nitrogen and oxygen atoms in total. The van der Waals surface area contributed by atoms with Crippen LogP contribution in [0.4, 0.5) is 0 Å². The number of halogens is 1. The molecule has 4 rings (SSSR count). The maximum atomic E-state index is 4.06. The SMILES string of the molecule is BrC12[Se]C1(c1ccccc1)C=CC1[Se]C12. The molecule has 0 bridgehead atoms. The van der Waals surface area contributed by atoms with Crippen LogP contribution in [0.25, 0.3) is 0 Å². The van der Waals surface area contributed by atoms with Crippen LogP contribution in [0.1, 0.15) is 5.56 Å². The standard InChI is InChI=1S/C12H9BrSe2/c13-12-10-9(14-10)6-7-11(12,15-12)8-4-2-1-3-5-8/h1-7,9-10H. The molecule has 0 radical (unpaired) electrons. The van der Waals surface area contributed by atoms with Crippen molar-refractivity contribution in [1.29, 1.82) is 0 Å². The van der Waals surface area contributed by atoms with Crippen molar-refractivity contribution in [2.24, 2.45) is 0 Å². The van der Waals surface area contributed by atoms with Gasteiger partial charge in [-0.25, -0.2) is 0 Å². The topological polar surface area (TPSA) is 0 Å². The van der Waals surface area contributed by atoms with E-state index in [-0.39, 0.29) is 0 Å². The van der Waals surface area contributed by atoms with Gasteiger partial charge in [0.05, 0.1) is 0 Å². The molecular weight excluding hydrogens is 382 g/mol. The molecular formula is C12H9BrSe2. The molecule has 0 spiro atoms. The van der Waals surface area contributed by atoms with Crippen LogP contribution in [-0.2, 0) is 4.31 Å². The molecule has 2 fully saturated rings. The van der Waals surface area contributed by atoms with Crippen molar-refractivity contribution in [3.05, 3.63) is 48.0 Å². The van der Waals surface area contributed by atoms with Crippen LogP contribution in [0, 0.1) is 0 Å². The molecule has 4 atom stereocenters. The summed E-state index contributed by atoms with van der Waals surface area (Å²) in [6.07, 6.45) is 5.00. The molecule has 1 aromatic carbocycles. The van der Waals surface area contributed by atoms with Crippen LogP contribution in [0.15, 0.2) is 42.5 Å². The van der Waals surface area contributed by atoms with Gasteiger partial charge in [0, 0.05) is 0 Å². The summed E-state index contributed by atoms with van der Waals surface area (Å²) in [5.74, 6) is 0. The van der Waals surface area contributed by atoms with E-state index >= 15 is 0 Å². The number of benzene rings is 1. The Morgan fingerprint density at radius 3 is 2.80 bits per heavy atom. The fraction of sp³-hybridized carbons (Fsp3) is 0.333. The molecule has 1 aliphatic carbocycles. The summed E-state index contributed by atoms with van der Waals surface area (Å²) in [5, 5.41) is 0. The molecule has 3 heteroatoms. The second kappa shape index (κ2) is 2.83. The molecule has 0 amide bonds. The second-order valence-electron chi connectivity index (χ2n) is 4.23. The molecule has 3 aliphatic rings. The van der Waals surface area contributed by atoms with Gasteiger partial charge in [0.1, 0.15) is 0 Å². The third-order valence-electron chi connectivity index (χ3n) is 3.39. The monoisotopic (exact) mass is 392 g/mol. The normalized spacial score (nSPS) is 49.4. The van der Waals surface area contributed by atoms with E-state index in [9.17, 15) is 0 Å². The Hall–Kier alpha value is 0.479. The number of alkyl halides is 1. The number of hydrogen-bond donors (Lipinski definition) is 0. The molecule has 4 unspecified atom stereocenters. The minimum absolute atomic E-state index is 0.403. The molecule has 2 heterocycles. The molecule has 2 aliphatic heterocycles. The Labute approximate surface area is 110 Å². The maximum absolute atomic E-state index is 4.06. The van der Waals surface area contributed by atoms with Crippen LogP contribution in [0.5, 0.6) is 0 Å². The number of fused-ring (bicyclic) bond motifs is 3. The first-order valence-electron chi connectivity index (χ1n) is 5.06. The van der Waals surface area contributed by atoms with Crippen molar-refractivity contribution in [3.63, 3.8) is 0 Å². The average molecular weight is 391 g/mol. The van der Waals surface area contributed by atoms with Gasteiger partial charge in [0.15, 0.2) is 0 Å². The Kier molecular flexibility index (Phi) is 1.79. The molecule has 0 N–H and O–H groups in total. The van der Waals surface area contributed by atoms with Gasteiger partial charge in [-0.3, -0.25) is 0 Å². The van der Waals surface area contributed by atoms with E-state index in [4.69, 9.17) is 0 Å². The van der Waals surface area contributed by atoms with Crippen LogP contribution >= 0.6 is 15.9 Å². The molecule has 1 aromatic rings. The predicted molar refractivity (Wildman–Crippen MR) is 67.9 cm³/mol. The van der Waals surface area contributed by atoms with Gasteiger partial charge >= 0.3 is 111 Å². The van der Waals surface area contributed by atoms with E-state index in [1.165, 1.54) is 5.56 Å². The average Bonchev–Trinajstić information content (AvgIpc) is 3.10. The zero-order chi connectivity index (χ0) is 10.1. The fourth-order valence-electron chi connectivity index (χ4n) is 2.46. The van der Waals surface area contributed by atoms with E-state index < -0.39 is 0 Å². The van der Waals surface area contributed by atoms with Crippen LogP contribution < -0.4 is 0 Å². The van der Waals surface area contributed by atoms with Crippen molar-refractivity contribution in [2.75, 3.05) is 0 Å². The minimum atomic E-state index is 0.403. The third kappa shape index (κ3) is 1.09. The molecule has 76 valence electrons. The Balaban J connectivity index is 1.85. The fourth-order valence-corrected chi connectivity index (χ4v) is 12.5. The van der Waals surface area contributed by atoms with E-state index in [1.54, 1.807) is 0 Å². The van der Waals surface area contributed by atoms with Gasteiger partial charge in [-0.2, -0.15) is 0 Å². The first kappa shape index (κ1) is 9.50. The number of hydrogen-bond acceptors (Lipinski definition) is 0. The Morgan fingerprint density at radius 1 is 1.20 bits per heavy atom. The summed E-state index contributed by atoms with van der Waals surface area (Å²) in [7, 11) is 0. The Bertz CT molecular complexity index is 458.